The van der Waals surface area contributed by atoms with Gasteiger partial charge < -0.3 is 0 Å². The highest BCUT2D eigenvalue weighted by Gasteiger charge is 2.22. The van der Waals surface area contributed by atoms with Gasteiger partial charge in [0.15, 0.2) is 5.82 Å². The number of para-hydroxylation sites is 1. The molecule has 1 heterocycles. The fourth-order valence-corrected chi connectivity index (χ4v) is 6.05. The Morgan fingerprint density at radius 1 is 0.743 bits per heavy atom. The van der Waals surface area contributed by atoms with Gasteiger partial charge in [0.25, 0.3) is 0 Å². The molecule has 2 aliphatic carbocycles. The molecule has 0 aliphatic heterocycles. The summed E-state index contributed by atoms with van der Waals surface area (Å²) in [6, 6.07) is 25.3. The highest BCUT2D eigenvalue weighted by Crippen LogP contribution is 2.43. The molecule has 0 unspecified atom stereocenters. The number of hydrogen-bond donors (Lipinski definition) is 0. The van der Waals surface area contributed by atoms with Gasteiger partial charge in [-0.25, -0.2) is 9.97 Å². The molecule has 0 N–H and O–H groups in total. The molecule has 2 aliphatic rings. The van der Waals surface area contributed by atoms with Gasteiger partial charge in [-0.15, -0.1) is 0 Å². The van der Waals surface area contributed by atoms with Crippen LogP contribution in [0.15, 0.2) is 96.7 Å². The van der Waals surface area contributed by atoms with Crippen molar-refractivity contribution >= 4 is 38.8 Å². The second-order valence-electron chi connectivity index (χ2n) is 9.40. The summed E-state index contributed by atoms with van der Waals surface area (Å²) in [5.74, 6) is 0.726. The van der Waals surface area contributed by atoms with Crippen molar-refractivity contribution in [2.45, 2.75) is 25.7 Å². The van der Waals surface area contributed by atoms with Crippen LogP contribution in [0.4, 0.5) is 0 Å². The lowest BCUT2D eigenvalue weighted by Gasteiger charge is -2.26. The molecule has 0 radical (unpaired) electrons. The molecule has 0 atom stereocenters. The minimum absolute atomic E-state index is 0.726. The first-order chi connectivity index (χ1) is 17.3. The lowest BCUT2D eigenvalue weighted by molar-refractivity contribution is 0.831. The fraction of sp³-hybridized carbons (Fsp3) is 0.125. The predicted octanol–water partition coefficient (Wildman–Crippen LogP) is 8.82. The lowest BCUT2D eigenvalue weighted by Crippen LogP contribution is -2.07. The van der Waals surface area contributed by atoms with Gasteiger partial charge in [0.1, 0.15) is 0 Å². The van der Waals surface area contributed by atoms with Gasteiger partial charge in [-0.05, 0) is 77.1 Å². The highest BCUT2D eigenvalue weighted by atomic mass is 35.5. The van der Waals surface area contributed by atoms with Crippen molar-refractivity contribution in [2.75, 3.05) is 0 Å². The van der Waals surface area contributed by atoms with Gasteiger partial charge in [-0.2, -0.15) is 0 Å². The van der Waals surface area contributed by atoms with Crippen molar-refractivity contribution in [1.29, 1.82) is 0 Å². The quantitative estimate of drug-likeness (QED) is 0.257. The van der Waals surface area contributed by atoms with Crippen molar-refractivity contribution in [3.8, 4) is 22.5 Å². The average molecular weight is 471 g/mol. The Balaban J connectivity index is 1.39. The van der Waals surface area contributed by atoms with E-state index in [9.17, 15) is 0 Å². The predicted molar refractivity (Wildman–Crippen MR) is 147 cm³/mol. The molecule has 0 spiro atoms. The summed E-state index contributed by atoms with van der Waals surface area (Å²) in [5, 5.41) is 4.23. The summed E-state index contributed by atoms with van der Waals surface area (Å²) in [6.45, 7) is 0. The number of nitrogens with zero attached hydrogens (tertiary/aromatic N) is 2. The van der Waals surface area contributed by atoms with Crippen LogP contribution in [0.1, 0.15) is 30.4 Å². The zero-order chi connectivity index (χ0) is 23.4. The third-order valence-electron chi connectivity index (χ3n) is 7.39. The normalized spacial score (nSPS) is 14.9. The summed E-state index contributed by atoms with van der Waals surface area (Å²) in [6.07, 6.45) is 11.0. The van der Waals surface area contributed by atoms with Gasteiger partial charge in [-0.1, -0.05) is 83.9 Å². The van der Waals surface area contributed by atoms with E-state index in [-0.39, 0.29) is 0 Å². The molecule has 2 nitrogen and oxygen atoms in total. The largest absolute Gasteiger partial charge is 0.236 e. The van der Waals surface area contributed by atoms with E-state index in [1.807, 2.05) is 36.5 Å². The Kier molecular flexibility index (Phi) is 4.82. The van der Waals surface area contributed by atoms with Crippen LogP contribution >= 0.6 is 11.6 Å². The van der Waals surface area contributed by atoms with E-state index in [1.54, 1.807) is 5.57 Å². The van der Waals surface area contributed by atoms with Crippen LogP contribution in [0.25, 0.3) is 49.8 Å². The summed E-state index contributed by atoms with van der Waals surface area (Å²) in [5.41, 5.74) is 9.88. The number of rotatable bonds is 2. The van der Waals surface area contributed by atoms with Gasteiger partial charge in [-0.3, -0.25) is 0 Å². The molecule has 0 saturated heterocycles. The molecule has 5 aromatic rings. The van der Waals surface area contributed by atoms with Crippen molar-refractivity contribution in [2.24, 2.45) is 0 Å². The van der Waals surface area contributed by atoms with Crippen molar-refractivity contribution in [1.82, 2.24) is 9.97 Å². The molecule has 7 rings (SSSR count). The van der Waals surface area contributed by atoms with E-state index < -0.39 is 0 Å². The first-order valence-electron chi connectivity index (χ1n) is 12.2. The Hall–Kier alpha value is -3.75. The van der Waals surface area contributed by atoms with Crippen LogP contribution < -0.4 is 0 Å². The second kappa shape index (κ2) is 8.18. The van der Waals surface area contributed by atoms with Gasteiger partial charge in [0, 0.05) is 27.6 Å². The van der Waals surface area contributed by atoms with E-state index in [2.05, 4.69) is 59.6 Å². The average Bonchev–Trinajstić information content (AvgIpc) is 2.92. The van der Waals surface area contributed by atoms with Crippen LogP contribution in [-0.4, -0.2) is 9.97 Å². The van der Waals surface area contributed by atoms with Crippen LogP contribution in [-0.2, 0) is 6.42 Å². The van der Waals surface area contributed by atoms with E-state index >= 15 is 0 Å². The van der Waals surface area contributed by atoms with E-state index in [4.69, 9.17) is 16.6 Å². The van der Waals surface area contributed by atoms with Crippen molar-refractivity contribution in [3.05, 3.63) is 113 Å². The monoisotopic (exact) mass is 470 g/mol. The molecule has 35 heavy (non-hydrogen) atoms. The van der Waals surface area contributed by atoms with Crippen LogP contribution in [0.2, 0.25) is 5.02 Å². The summed E-state index contributed by atoms with van der Waals surface area (Å²) < 4.78 is 0. The highest BCUT2D eigenvalue weighted by molar-refractivity contribution is 6.36. The molecular formula is C32H23ClN2. The molecule has 168 valence electrons. The first kappa shape index (κ1) is 20.6. The summed E-state index contributed by atoms with van der Waals surface area (Å²) in [4.78, 5) is 9.55. The Labute approximate surface area is 209 Å². The van der Waals surface area contributed by atoms with Crippen LogP contribution in [0.5, 0.6) is 0 Å². The molecule has 4 aromatic carbocycles. The number of fused-ring (bicyclic) bond motifs is 5. The zero-order valence-corrected chi connectivity index (χ0v) is 20.0. The maximum Gasteiger partial charge on any atom is 0.160 e. The number of halogens is 1. The molecule has 3 heteroatoms. The third kappa shape index (κ3) is 3.40. The molecule has 0 bridgehead atoms. The standard InChI is InChI=1S/C32H23ClN2/c33-29-18-23(17-21-14-15-26-24-9-3-1-7-20(24)13-16-27(26)31(21)29)25-10-4-5-11-28(25)32-34-19-22-8-2-6-12-30(22)35-32/h2-6,8-12,14-15,17-19H,1,7,13,16H2. The Morgan fingerprint density at radius 2 is 1.60 bits per heavy atom. The number of allylic oxidation sites excluding steroid dienone is 4. The molecule has 0 fully saturated rings. The molecular weight excluding hydrogens is 448 g/mol. The van der Waals surface area contributed by atoms with Gasteiger partial charge in [0.2, 0.25) is 0 Å². The fourth-order valence-electron chi connectivity index (χ4n) is 5.71. The molecule has 0 saturated carbocycles. The number of benzene rings is 4. The third-order valence-corrected chi connectivity index (χ3v) is 7.69. The molecule has 1 aromatic heterocycles. The number of hydrogen-bond acceptors (Lipinski definition) is 2. The SMILES string of the molecule is Clc1cc(-c2ccccc2-c2ncc3ccccc3n2)cc2ccc3c(c12)CCC1=C3C=CCC1. The number of aryl methyl sites for hydroxylation is 1. The Bertz CT molecular complexity index is 1710. The smallest absolute Gasteiger partial charge is 0.160 e. The minimum Gasteiger partial charge on any atom is -0.236 e. The molecule has 0 amide bonds. The first-order valence-corrected chi connectivity index (χ1v) is 12.6. The second-order valence-corrected chi connectivity index (χ2v) is 9.81. The van der Waals surface area contributed by atoms with Crippen molar-refractivity contribution < 1.29 is 0 Å². The van der Waals surface area contributed by atoms with E-state index in [1.165, 1.54) is 33.9 Å². The summed E-state index contributed by atoms with van der Waals surface area (Å²) in [7, 11) is 0. The van der Waals surface area contributed by atoms with E-state index in [0.29, 0.717) is 0 Å². The minimum atomic E-state index is 0.726. The van der Waals surface area contributed by atoms with Gasteiger partial charge >= 0.3 is 0 Å². The maximum atomic E-state index is 7.04. The van der Waals surface area contributed by atoms with Crippen LogP contribution in [0, 0.1) is 0 Å². The van der Waals surface area contributed by atoms with Crippen LogP contribution in [0.3, 0.4) is 0 Å². The van der Waals surface area contributed by atoms with Gasteiger partial charge in [0.05, 0.1) is 5.52 Å². The van der Waals surface area contributed by atoms with Crippen molar-refractivity contribution in [3.63, 3.8) is 0 Å². The zero-order valence-electron chi connectivity index (χ0n) is 19.3. The lowest BCUT2D eigenvalue weighted by atomic mass is 9.79. The Morgan fingerprint density at radius 3 is 2.54 bits per heavy atom. The maximum absolute atomic E-state index is 7.04. The van der Waals surface area contributed by atoms with E-state index in [0.717, 1.165) is 57.7 Å². The topological polar surface area (TPSA) is 25.8 Å². The number of aromatic nitrogens is 2. The summed E-state index contributed by atoms with van der Waals surface area (Å²) >= 11 is 7.04.